The van der Waals surface area contributed by atoms with Gasteiger partial charge in [-0.25, -0.2) is 0 Å². The largest absolute Gasteiger partial charge is 0.411 e. The first-order chi connectivity index (χ1) is 4.85. The minimum atomic E-state index is 0.0676. The highest BCUT2D eigenvalue weighted by molar-refractivity contribution is 5.56. The van der Waals surface area contributed by atoms with Gasteiger partial charge in [-0.3, -0.25) is 0 Å². The van der Waals surface area contributed by atoms with Gasteiger partial charge in [0.05, 0.1) is 6.10 Å². The van der Waals surface area contributed by atoms with Gasteiger partial charge in [0.15, 0.2) is 0 Å². The summed E-state index contributed by atoms with van der Waals surface area (Å²) in [6.07, 6.45) is 4.75. The number of ether oxygens (including phenoxy) is 1. The molecule has 1 atom stereocenters. The highest BCUT2D eigenvalue weighted by atomic mass is 16.5. The Labute approximate surface area is 61.0 Å². The van der Waals surface area contributed by atoms with Crippen LogP contribution in [0.25, 0.3) is 0 Å². The molecule has 0 amide bonds. The predicted molar refractivity (Wildman–Crippen MR) is 40.5 cm³/mol. The lowest BCUT2D eigenvalue weighted by molar-refractivity contribution is 0.136. The second-order valence-corrected chi connectivity index (χ2v) is 1.89. The smallest absolute Gasteiger partial charge is 0.0752 e. The molecule has 1 N–H and O–H groups in total. The van der Waals surface area contributed by atoms with Crippen molar-refractivity contribution in [2.45, 2.75) is 18.9 Å². The van der Waals surface area contributed by atoms with E-state index in [1.54, 1.807) is 13.2 Å². The molecule has 3 heteroatoms. The van der Waals surface area contributed by atoms with Crippen LogP contribution in [0.3, 0.4) is 0 Å². The zero-order chi connectivity index (χ0) is 7.82. The SMILES string of the molecule is C=CC(CC/C=N/O)OC. The highest BCUT2D eigenvalue weighted by Gasteiger charge is 1.98. The summed E-state index contributed by atoms with van der Waals surface area (Å²) in [4.78, 5) is 0. The van der Waals surface area contributed by atoms with Crippen LogP contribution in [0.1, 0.15) is 12.8 Å². The third-order valence-corrected chi connectivity index (χ3v) is 1.23. The van der Waals surface area contributed by atoms with E-state index in [1.807, 2.05) is 0 Å². The van der Waals surface area contributed by atoms with E-state index < -0.39 is 0 Å². The fourth-order valence-electron chi connectivity index (χ4n) is 0.628. The van der Waals surface area contributed by atoms with Crippen molar-refractivity contribution in [3.63, 3.8) is 0 Å². The van der Waals surface area contributed by atoms with Crippen LogP contribution in [0.4, 0.5) is 0 Å². The maximum atomic E-state index is 8.03. The Kier molecular flexibility index (Phi) is 5.77. The highest BCUT2D eigenvalue weighted by Crippen LogP contribution is 1.99. The summed E-state index contributed by atoms with van der Waals surface area (Å²) < 4.78 is 4.98. The maximum Gasteiger partial charge on any atom is 0.0752 e. The van der Waals surface area contributed by atoms with Gasteiger partial charge in [0.2, 0.25) is 0 Å². The molecule has 0 saturated carbocycles. The van der Waals surface area contributed by atoms with Crippen LogP contribution in [0.15, 0.2) is 17.8 Å². The number of rotatable bonds is 5. The first-order valence-electron chi connectivity index (χ1n) is 3.16. The fourth-order valence-corrected chi connectivity index (χ4v) is 0.628. The van der Waals surface area contributed by atoms with Gasteiger partial charge >= 0.3 is 0 Å². The number of methoxy groups -OCH3 is 1. The number of hydrogen-bond donors (Lipinski definition) is 1. The molecule has 0 spiro atoms. The minimum Gasteiger partial charge on any atom is -0.411 e. The van der Waals surface area contributed by atoms with Crippen molar-refractivity contribution in [2.24, 2.45) is 5.16 Å². The van der Waals surface area contributed by atoms with Gasteiger partial charge in [-0.2, -0.15) is 0 Å². The number of hydrogen-bond acceptors (Lipinski definition) is 3. The summed E-state index contributed by atoms with van der Waals surface area (Å²) in [7, 11) is 1.63. The van der Waals surface area contributed by atoms with Crippen LogP contribution in [0.5, 0.6) is 0 Å². The normalized spacial score (nSPS) is 13.7. The third kappa shape index (κ3) is 4.09. The summed E-state index contributed by atoms with van der Waals surface area (Å²) in [6, 6.07) is 0. The summed E-state index contributed by atoms with van der Waals surface area (Å²) in [5, 5.41) is 10.9. The monoisotopic (exact) mass is 143 g/mol. The van der Waals surface area contributed by atoms with Gasteiger partial charge in [0, 0.05) is 13.3 Å². The van der Waals surface area contributed by atoms with E-state index in [0.29, 0.717) is 6.42 Å². The molecule has 0 aliphatic heterocycles. The zero-order valence-electron chi connectivity index (χ0n) is 6.16. The van der Waals surface area contributed by atoms with E-state index in [-0.39, 0.29) is 6.10 Å². The molecular formula is C7H13NO2. The molecule has 0 aromatic rings. The fraction of sp³-hybridized carbons (Fsp3) is 0.571. The first-order valence-corrected chi connectivity index (χ1v) is 3.16. The summed E-state index contributed by atoms with van der Waals surface area (Å²) in [5.41, 5.74) is 0. The lowest BCUT2D eigenvalue weighted by atomic mass is 10.2. The average molecular weight is 143 g/mol. The van der Waals surface area contributed by atoms with Gasteiger partial charge in [-0.15, -0.1) is 11.7 Å². The molecule has 0 aromatic carbocycles. The number of nitrogens with zero attached hydrogens (tertiary/aromatic N) is 1. The predicted octanol–water partition coefficient (Wildman–Crippen LogP) is 1.43. The Balaban J connectivity index is 3.34. The Hall–Kier alpha value is -0.830. The Morgan fingerprint density at radius 3 is 2.90 bits per heavy atom. The molecule has 0 heterocycles. The molecule has 0 aliphatic rings. The Morgan fingerprint density at radius 1 is 1.80 bits per heavy atom. The zero-order valence-corrected chi connectivity index (χ0v) is 6.16. The van der Waals surface area contributed by atoms with Crippen molar-refractivity contribution in [3.05, 3.63) is 12.7 Å². The molecule has 3 nitrogen and oxygen atoms in total. The second kappa shape index (κ2) is 6.29. The van der Waals surface area contributed by atoms with Crippen LogP contribution in [-0.2, 0) is 4.74 Å². The topological polar surface area (TPSA) is 41.8 Å². The van der Waals surface area contributed by atoms with Gasteiger partial charge in [0.1, 0.15) is 0 Å². The van der Waals surface area contributed by atoms with Crippen molar-refractivity contribution < 1.29 is 9.94 Å². The Bertz CT molecular complexity index is 112. The Morgan fingerprint density at radius 2 is 2.50 bits per heavy atom. The van der Waals surface area contributed by atoms with Gasteiger partial charge < -0.3 is 9.94 Å². The van der Waals surface area contributed by atoms with Crippen LogP contribution < -0.4 is 0 Å². The molecule has 0 aliphatic carbocycles. The van der Waals surface area contributed by atoms with Gasteiger partial charge in [0.25, 0.3) is 0 Å². The van der Waals surface area contributed by atoms with E-state index in [0.717, 1.165) is 6.42 Å². The third-order valence-electron chi connectivity index (χ3n) is 1.23. The molecule has 0 fully saturated rings. The van der Waals surface area contributed by atoms with Gasteiger partial charge in [-0.1, -0.05) is 6.08 Å². The van der Waals surface area contributed by atoms with Crippen LogP contribution in [-0.4, -0.2) is 24.6 Å². The molecule has 0 aromatic heterocycles. The van der Waals surface area contributed by atoms with Crippen LogP contribution >= 0.6 is 0 Å². The van der Waals surface area contributed by atoms with E-state index in [2.05, 4.69) is 11.7 Å². The molecule has 58 valence electrons. The molecule has 10 heavy (non-hydrogen) atoms. The molecule has 0 bridgehead atoms. The molecule has 1 unspecified atom stereocenters. The standard InChI is InChI=1S/C7H13NO2/c1-3-7(10-2)5-4-6-8-9/h3,6-7,9H,1,4-5H2,2H3/b8-6+. The second-order valence-electron chi connectivity index (χ2n) is 1.89. The first kappa shape index (κ1) is 9.17. The van der Waals surface area contributed by atoms with Crippen molar-refractivity contribution in [1.29, 1.82) is 0 Å². The van der Waals surface area contributed by atoms with Crippen molar-refractivity contribution in [2.75, 3.05) is 7.11 Å². The van der Waals surface area contributed by atoms with E-state index in [4.69, 9.17) is 9.94 Å². The summed E-state index contributed by atoms with van der Waals surface area (Å²) >= 11 is 0. The molecule has 0 radical (unpaired) electrons. The summed E-state index contributed by atoms with van der Waals surface area (Å²) in [6.45, 7) is 3.58. The quantitative estimate of drug-likeness (QED) is 0.274. The van der Waals surface area contributed by atoms with E-state index >= 15 is 0 Å². The van der Waals surface area contributed by atoms with E-state index in [1.165, 1.54) is 6.21 Å². The minimum absolute atomic E-state index is 0.0676. The van der Waals surface area contributed by atoms with Gasteiger partial charge in [-0.05, 0) is 12.8 Å². The lowest BCUT2D eigenvalue weighted by Gasteiger charge is -2.06. The number of oxime groups is 1. The van der Waals surface area contributed by atoms with Crippen LogP contribution in [0, 0.1) is 0 Å². The van der Waals surface area contributed by atoms with Crippen molar-refractivity contribution in [3.8, 4) is 0 Å². The lowest BCUT2D eigenvalue weighted by Crippen LogP contribution is -2.05. The molecular weight excluding hydrogens is 130 g/mol. The summed E-state index contributed by atoms with van der Waals surface area (Å²) in [5.74, 6) is 0. The van der Waals surface area contributed by atoms with Crippen molar-refractivity contribution in [1.82, 2.24) is 0 Å². The molecule has 0 saturated heterocycles. The maximum absolute atomic E-state index is 8.03. The van der Waals surface area contributed by atoms with Crippen LogP contribution in [0.2, 0.25) is 0 Å². The molecule has 0 rings (SSSR count). The van der Waals surface area contributed by atoms with Crippen molar-refractivity contribution >= 4 is 6.21 Å². The average Bonchev–Trinajstić information content (AvgIpc) is 1.99. The van der Waals surface area contributed by atoms with E-state index in [9.17, 15) is 0 Å².